The van der Waals surface area contributed by atoms with Crippen molar-refractivity contribution in [1.82, 2.24) is 19.5 Å². The average molecular weight is 259 g/mol. The fourth-order valence-corrected chi connectivity index (χ4v) is 2.31. The predicted molar refractivity (Wildman–Crippen MR) is 71.9 cm³/mol. The quantitative estimate of drug-likeness (QED) is 0.894. The molecule has 0 spiro atoms. The van der Waals surface area contributed by atoms with Crippen LogP contribution in [0.5, 0.6) is 0 Å². The molecule has 1 aliphatic heterocycles. The molecule has 0 atom stereocenters. The van der Waals surface area contributed by atoms with Crippen molar-refractivity contribution in [2.45, 2.75) is 19.3 Å². The zero-order valence-corrected chi connectivity index (χ0v) is 10.7. The predicted octanol–water partition coefficient (Wildman–Crippen LogP) is 1.15. The lowest BCUT2D eigenvalue weighted by Crippen LogP contribution is -2.29. The van der Waals surface area contributed by atoms with Crippen molar-refractivity contribution < 1.29 is 4.79 Å². The molecule has 1 amide bonds. The van der Waals surface area contributed by atoms with Gasteiger partial charge < -0.3 is 10.2 Å². The number of amides is 1. The number of aromatic nitrogens is 3. The van der Waals surface area contributed by atoms with Crippen LogP contribution in [0.1, 0.15) is 19.3 Å². The van der Waals surface area contributed by atoms with Crippen LogP contribution in [0.2, 0.25) is 0 Å². The lowest BCUT2D eigenvalue weighted by Gasteiger charge is -2.14. The van der Waals surface area contributed by atoms with Crippen molar-refractivity contribution in [3.05, 3.63) is 24.4 Å². The van der Waals surface area contributed by atoms with E-state index in [4.69, 9.17) is 0 Å². The molecule has 19 heavy (non-hydrogen) atoms. The number of rotatable bonds is 4. The van der Waals surface area contributed by atoms with Gasteiger partial charge >= 0.3 is 0 Å². The van der Waals surface area contributed by atoms with Gasteiger partial charge in [0.2, 0.25) is 11.9 Å². The molecule has 6 heteroatoms. The Morgan fingerprint density at radius 3 is 2.95 bits per heavy atom. The van der Waals surface area contributed by atoms with E-state index in [-0.39, 0.29) is 5.91 Å². The van der Waals surface area contributed by atoms with Gasteiger partial charge in [-0.05, 0) is 25.0 Å². The van der Waals surface area contributed by atoms with E-state index in [0.29, 0.717) is 18.9 Å². The maximum atomic E-state index is 11.8. The molecule has 3 heterocycles. The van der Waals surface area contributed by atoms with E-state index in [1.54, 1.807) is 4.52 Å². The molecule has 2 aromatic rings. The van der Waals surface area contributed by atoms with E-state index in [2.05, 4.69) is 15.4 Å². The van der Waals surface area contributed by atoms with Crippen molar-refractivity contribution in [3.8, 4) is 0 Å². The van der Waals surface area contributed by atoms with Gasteiger partial charge in [0, 0.05) is 32.3 Å². The minimum absolute atomic E-state index is 0.216. The van der Waals surface area contributed by atoms with Crippen LogP contribution in [-0.4, -0.2) is 45.0 Å². The Bertz CT molecular complexity index is 540. The van der Waals surface area contributed by atoms with Crippen molar-refractivity contribution in [3.63, 3.8) is 0 Å². The second kappa shape index (κ2) is 5.26. The third-order valence-electron chi connectivity index (χ3n) is 3.32. The van der Waals surface area contributed by atoms with Gasteiger partial charge in [0.15, 0.2) is 5.65 Å². The summed E-state index contributed by atoms with van der Waals surface area (Å²) in [7, 11) is 0. The van der Waals surface area contributed by atoms with Crippen LogP contribution in [0.4, 0.5) is 5.95 Å². The van der Waals surface area contributed by atoms with E-state index in [1.165, 1.54) is 0 Å². The SMILES string of the molecule is O=C(CCNc1nc2ccccn2n1)N1CCCC1. The van der Waals surface area contributed by atoms with Gasteiger partial charge in [0.25, 0.3) is 0 Å². The van der Waals surface area contributed by atoms with Crippen molar-refractivity contribution >= 4 is 17.5 Å². The summed E-state index contributed by atoms with van der Waals surface area (Å²) in [6.45, 7) is 2.39. The number of carbonyl (C=O) groups is 1. The Labute approximate surface area is 111 Å². The van der Waals surface area contributed by atoms with Crippen molar-refractivity contribution in [1.29, 1.82) is 0 Å². The fraction of sp³-hybridized carbons (Fsp3) is 0.462. The maximum Gasteiger partial charge on any atom is 0.243 e. The average Bonchev–Trinajstić information content (AvgIpc) is 3.07. The third kappa shape index (κ3) is 2.67. The summed E-state index contributed by atoms with van der Waals surface area (Å²) >= 11 is 0. The van der Waals surface area contributed by atoms with Crippen LogP contribution in [0.3, 0.4) is 0 Å². The summed E-state index contributed by atoms with van der Waals surface area (Å²) in [6.07, 6.45) is 4.61. The van der Waals surface area contributed by atoms with E-state index in [9.17, 15) is 4.79 Å². The highest BCUT2D eigenvalue weighted by atomic mass is 16.2. The van der Waals surface area contributed by atoms with Crippen LogP contribution in [0.15, 0.2) is 24.4 Å². The van der Waals surface area contributed by atoms with E-state index in [1.807, 2.05) is 29.3 Å². The molecule has 1 aliphatic rings. The molecule has 6 nitrogen and oxygen atoms in total. The summed E-state index contributed by atoms with van der Waals surface area (Å²) in [6, 6.07) is 5.72. The molecule has 0 aromatic carbocycles. The molecule has 0 aliphatic carbocycles. The lowest BCUT2D eigenvalue weighted by molar-refractivity contribution is -0.129. The second-order valence-corrected chi connectivity index (χ2v) is 4.70. The molecule has 3 rings (SSSR count). The van der Waals surface area contributed by atoms with Gasteiger partial charge in [-0.2, -0.15) is 4.98 Å². The zero-order valence-electron chi connectivity index (χ0n) is 10.7. The Balaban J connectivity index is 1.53. The molecular weight excluding hydrogens is 242 g/mol. The number of nitrogens with zero attached hydrogens (tertiary/aromatic N) is 4. The lowest BCUT2D eigenvalue weighted by atomic mass is 10.3. The van der Waals surface area contributed by atoms with Gasteiger partial charge in [0.1, 0.15) is 0 Å². The molecule has 1 fully saturated rings. The largest absolute Gasteiger partial charge is 0.352 e. The molecule has 100 valence electrons. The minimum Gasteiger partial charge on any atom is -0.352 e. The summed E-state index contributed by atoms with van der Waals surface area (Å²) in [4.78, 5) is 18.1. The van der Waals surface area contributed by atoms with Crippen LogP contribution < -0.4 is 5.32 Å². The molecule has 0 saturated carbocycles. The summed E-state index contributed by atoms with van der Waals surface area (Å²) < 4.78 is 1.71. The van der Waals surface area contributed by atoms with Gasteiger partial charge in [-0.1, -0.05) is 6.07 Å². The standard InChI is InChI=1S/C13H17N5O/c19-12(17-8-3-4-9-17)6-7-14-13-15-11-5-1-2-10-18(11)16-13/h1-2,5,10H,3-4,6-9H2,(H,14,16). The molecule has 0 bridgehead atoms. The highest BCUT2D eigenvalue weighted by Crippen LogP contribution is 2.09. The molecule has 1 saturated heterocycles. The first kappa shape index (κ1) is 12.0. The highest BCUT2D eigenvalue weighted by Gasteiger charge is 2.17. The molecule has 0 unspecified atom stereocenters. The summed E-state index contributed by atoms with van der Waals surface area (Å²) in [5, 5.41) is 7.37. The Kier molecular flexibility index (Phi) is 3.31. The van der Waals surface area contributed by atoms with Crippen LogP contribution in [-0.2, 0) is 4.79 Å². The van der Waals surface area contributed by atoms with E-state index >= 15 is 0 Å². The first-order chi connectivity index (χ1) is 9.33. The smallest absolute Gasteiger partial charge is 0.243 e. The topological polar surface area (TPSA) is 62.5 Å². The number of hydrogen-bond donors (Lipinski definition) is 1. The summed E-state index contributed by atoms with van der Waals surface area (Å²) in [5.74, 6) is 0.786. The zero-order chi connectivity index (χ0) is 13.1. The van der Waals surface area contributed by atoms with Crippen molar-refractivity contribution in [2.75, 3.05) is 25.0 Å². The second-order valence-electron chi connectivity index (χ2n) is 4.70. The van der Waals surface area contributed by atoms with Gasteiger partial charge in [-0.25, -0.2) is 4.52 Å². The number of pyridine rings is 1. The Hall–Kier alpha value is -2.11. The van der Waals surface area contributed by atoms with Crippen molar-refractivity contribution in [2.24, 2.45) is 0 Å². The van der Waals surface area contributed by atoms with Crippen LogP contribution in [0.25, 0.3) is 5.65 Å². The maximum absolute atomic E-state index is 11.8. The van der Waals surface area contributed by atoms with Gasteiger partial charge in [-0.3, -0.25) is 4.79 Å². The molecule has 1 N–H and O–H groups in total. The molecular formula is C13H17N5O. The Morgan fingerprint density at radius 1 is 1.32 bits per heavy atom. The van der Waals surface area contributed by atoms with Crippen LogP contribution in [0, 0.1) is 0 Å². The normalized spacial score (nSPS) is 15.1. The first-order valence-electron chi connectivity index (χ1n) is 6.66. The van der Waals surface area contributed by atoms with Gasteiger partial charge in [0.05, 0.1) is 0 Å². The monoisotopic (exact) mass is 259 g/mol. The first-order valence-corrected chi connectivity index (χ1v) is 6.66. The third-order valence-corrected chi connectivity index (χ3v) is 3.32. The Morgan fingerprint density at radius 2 is 2.16 bits per heavy atom. The number of carbonyl (C=O) groups excluding carboxylic acids is 1. The minimum atomic E-state index is 0.216. The highest BCUT2D eigenvalue weighted by molar-refractivity contribution is 5.76. The van der Waals surface area contributed by atoms with E-state index in [0.717, 1.165) is 31.6 Å². The number of likely N-dealkylation sites (tertiary alicyclic amines) is 1. The van der Waals surface area contributed by atoms with E-state index < -0.39 is 0 Å². The molecule has 0 radical (unpaired) electrons. The number of nitrogens with one attached hydrogen (secondary N) is 1. The van der Waals surface area contributed by atoms with Gasteiger partial charge in [-0.15, -0.1) is 5.10 Å². The summed E-state index contributed by atoms with van der Waals surface area (Å²) in [5.41, 5.74) is 0.802. The number of hydrogen-bond acceptors (Lipinski definition) is 4. The number of anilines is 1. The number of fused-ring (bicyclic) bond motifs is 1. The van der Waals surface area contributed by atoms with Crippen LogP contribution >= 0.6 is 0 Å². The molecule has 2 aromatic heterocycles. The fourth-order valence-electron chi connectivity index (χ4n) is 2.31.